The van der Waals surface area contributed by atoms with Gasteiger partial charge in [-0.3, -0.25) is 9.59 Å². The predicted octanol–water partition coefficient (Wildman–Crippen LogP) is 3.49. The Hall–Kier alpha value is -3.61. The van der Waals surface area contributed by atoms with E-state index in [1.807, 2.05) is 13.0 Å². The highest BCUT2D eigenvalue weighted by molar-refractivity contribution is 6.06. The van der Waals surface area contributed by atoms with Crippen LogP contribution in [0.2, 0.25) is 0 Å². The summed E-state index contributed by atoms with van der Waals surface area (Å²) in [4.78, 5) is 38.7. The average molecular weight is 392 g/mol. The molecule has 1 aliphatic heterocycles. The van der Waals surface area contributed by atoms with Crippen LogP contribution in [0.15, 0.2) is 51.7 Å². The molecule has 2 aromatic carbocycles. The number of nitrogens with one attached hydrogen (secondary N) is 1. The van der Waals surface area contributed by atoms with Crippen LogP contribution >= 0.6 is 0 Å². The van der Waals surface area contributed by atoms with Crippen molar-refractivity contribution in [2.45, 2.75) is 19.8 Å². The number of benzene rings is 2. The number of hydrogen-bond acceptors (Lipinski definition) is 5. The molecule has 4 rings (SSSR count). The minimum Gasteiger partial charge on any atom is -0.493 e. The van der Waals surface area contributed by atoms with Crippen molar-refractivity contribution >= 4 is 34.2 Å². The molecule has 0 saturated carbocycles. The van der Waals surface area contributed by atoms with Crippen molar-refractivity contribution in [2.24, 2.45) is 0 Å². The highest BCUT2D eigenvalue weighted by atomic mass is 16.5. The highest BCUT2D eigenvalue weighted by Crippen LogP contribution is 2.28. The molecule has 1 aromatic heterocycles. The Balaban J connectivity index is 1.61. The van der Waals surface area contributed by atoms with Crippen LogP contribution < -0.4 is 20.6 Å². The summed E-state index contributed by atoms with van der Waals surface area (Å²) in [7, 11) is 1.48. The molecule has 7 nitrogen and oxygen atoms in total. The molecule has 0 bridgehead atoms. The fourth-order valence-electron chi connectivity index (χ4n) is 3.57. The van der Waals surface area contributed by atoms with Crippen molar-refractivity contribution in [2.75, 3.05) is 23.9 Å². The molecule has 0 unspecified atom stereocenters. The molecule has 148 valence electrons. The number of fused-ring (bicyclic) bond motifs is 1. The summed E-state index contributed by atoms with van der Waals surface area (Å²) >= 11 is 0. The second-order valence-corrected chi connectivity index (χ2v) is 6.93. The van der Waals surface area contributed by atoms with Crippen LogP contribution in [0.5, 0.6) is 5.75 Å². The molecule has 1 aliphatic rings. The number of hydrogen-bond donors (Lipinski definition) is 1. The van der Waals surface area contributed by atoms with Gasteiger partial charge in [0.1, 0.15) is 5.56 Å². The molecular weight excluding hydrogens is 372 g/mol. The van der Waals surface area contributed by atoms with E-state index in [-0.39, 0.29) is 11.5 Å². The van der Waals surface area contributed by atoms with Crippen molar-refractivity contribution in [1.29, 1.82) is 0 Å². The van der Waals surface area contributed by atoms with Gasteiger partial charge in [0.25, 0.3) is 5.91 Å². The van der Waals surface area contributed by atoms with Gasteiger partial charge in [-0.1, -0.05) is 12.1 Å². The lowest BCUT2D eigenvalue weighted by Gasteiger charge is -2.19. The molecule has 1 N–H and O–H groups in total. The fourth-order valence-corrected chi connectivity index (χ4v) is 3.57. The summed E-state index contributed by atoms with van der Waals surface area (Å²) < 4.78 is 10.5. The van der Waals surface area contributed by atoms with E-state index in [1.165, 1.54) is 13.2 Å². The normalized spacial score (nSPS) is 13.7. The third-order valence-electron chi connectivity index (χ3n) is 5.01. The number of anilines is 2. The van der Waals surface area contributed by atoms with Crippen LogP contribution in [0, 0.1) is 6.92 Å². The molecule has 7 heteroatoms. The molecular formula is C22H20N2O5. The summed E-state index contributed by atoms with van der Waals surface area (Å²) in [6.45, 7) is 2.58. The van der Waals surface area contributed by atoms with E-state index in [4.69, 9.17) is 9.15 Å². The quantitative estimate of drug-likeness (QED) is 0.687. The molecule has 0 radical (unpaired) electrons. The Morgan fingerprint density at radius 1 is 1.17 bits per heavy atom. The smallest absolute Gasteiger partial charge is 0.349 e. The van der Waals surface area contributed by atoms with Crippen molar-refractivity contribution in [1.82, 2.24) is 0 Å². The Bertz CT molecular complexity index is 1180. The third kappa shape index (κ3) is 3.47. The van der Waals surface area contributed by atoms with Crippen molar-refractivity contribution in [3.63, 3.8) is 0 Å². The zero-order valence-corrected chi connectivity index (χ0v) is 16.2. The summed E-state index contributed by atoms with van der Waals surface area (Å²) in [6.07, 6.45) is 1.40. The molecule has 29 heavy (non-hydrogen) atoms. The Labute approximate surface area is 166 Å². The molecule has 0 atom stereocenters. The Morgan fingerprint density at radius 2 is 2.00 bits per heavy atom. The van der Waals surface area contributed by atoms with Crippen molar-refractivity contribution in [3.05, 3.63) is 64.0 Å². The number of methoxy groups -OCH3 is 1. The molecule has 1 saturated heterocycles. The second-order valence-electron chi connectivity index (χ2n) is 6.93. The first kappa shape index (κ1) is 18.7. The number of nitrogens with zero attached hydrogens (tertiary/aromatic N) is 1. The van der Waals surface area contributed by atoms with Gasteiger partial charge in [0.05, 0.1) is 7.11 Å². The summed E-state index contributed by atoms with van der Waals surface area (Å²) in [6, 6.07) is 12.0. The Morgan fingerprint density at radius 3 is 2.69 bits per heavy atom. The maximum atomic E-state index is 12.7. The van der Waals surface area contributed by atoms with Crippen LogP contribution in [0.1, 0.15) is 28.8 Å². The number of rotatable bonds is 4. The van der Waals surface area contributed by atoms with E-state index >= 15 is 0 Å². The van der Waals surface area contributed by atoms with E-state index in [2.05, 4.69) is 5.32 Å². The lowest BCUT2D eigenvalue weighted by molar-refractivity contribution is -0.117. The van der Waals surface area contributed by atoms with Gasteiger partial charge in [0.15, 0.2) is 11.3 Å². The van der Waals surface area contributed by atoms with E-state index in [0.29, 0.717) is 35.4 Å². The SMILES string of the molecule is COc1cccc2cc(C(=O)Nc3ccc(N4CCCC4=O)c(C)c3)c(=O)oc12. The number of amides is 2. The van der Waals surface area contributed by atoms with Gasteiger partial charge < -0.3 is 19.4 Å². The number of carbonyl (C=O) groups is 2. The topological polar surface area (TPSA) is 88.9 Å². The summed E-state index contributed by atoms with van der Waals surface area (Å²) in [5.74, 6) is -0.0313. The molecule has 1 fully saturated rings. The first-order valence-electron chi connectivity index (χ1n) is 9.31. The molecule has 2 amide bonds. The van der Waals surface area contributed by atoms with Crippen LogP contribution in [-0.2, 0) is 4.79 Å². The van der Waals surface area contributed by atoms with Crippen LogP contribution in [0.3, 0.4) is 0 Å². The van der Waals surface area contributed by atoms with Gasteiger partial charge >= 0.3 is 5.63 Å². The third-order valence-corrected chi connectivity index (χ3v) is 5.01. The van der Waals surface area contributed by atoms with Crippen LogP contribution in [0.25, 0.3) is 11.0 Å². The minimum atomic E-state index is -0.740. The zero-order valence-electron chi connectivity index (χ0n) is 16.2. The predicted molar refractivity (Wildman–Crippen MR) is 110 cm³/mol. The van der Waals surface area contributed by atoms with Crippen LogP contribution in [0.4, 0.5) is 11.4 Å². The van der Waals surface area contributed by atoms with E-state index in [0.717, 1.165) is 17.7 Å². The van der Waals surface area contributed by atoms with Gasteiger partial charge in [-0.05, 0) is 49.2 Å². The largest absolute Gasteiger partial charge is 0.493 e. The first-order chi connectivity index (χ1) is 14.0. The second kappa shape index (κ2) is 7.43. The van der Waals surface area contributed by atoms with Gasteiger partial charge in [0, 0.05) is 29.7 Å². The fraction of sp³-hybridized carbons (Fsp3) is 0.227. The average Bonchev–Trinajstić information content (AvgIpc) is 3.12. The Kier molecular flexibility index (Phi) is 4.80. The number of para-hydroxylation sites is 1. The maximum absolute atomic E-state index is 12.7. The maximum Gasteiger partial charge on any atom is 0.349 e. The monoisotopic (exact) mass is 392 g/mol. The summed E-state index contributed by atoms with van der Waals surface area (Å²) in [5.41, 5.74) is 1.70. The summed E-state index contributed by atoms with van der Waals surface area (Å²) in [5, 5.41) is 3.32. The van der Waals surface area contributed by atoms with E-state index in [1.54, 1.807) is 35.2 Å². The van der Waals surface area contributed by atoms with Gasteiger partial charge in [-0.25, -0.2) is 4.79 Å². The standard InChI is InChI=1S/C22H20N2O5/c1-13-11-15(8-9-17(13)24-10-4-7-19(24)25)23-21(26)16-12-14-5-3-6-18(28-2)20(14)29-22(16)27/h3,5-6,8-9,11-12H,4,7,10H2,1-2H3,(H,23,26). The number of ether oxygens (including phenoxy) is 1. The zero-order chi connectivity index (χ0) is 20.5. The van der Waals surface area contributed by atoms with Crippen molar-refractivity contribution < 1.29 is 18.7 Å². The molecule has 2 heterocycles. The minimum absolute atomic E-state index is 0.0952. The molecule has 3 aromatic rings. The van der Waals surface area contributed by atoms with Gasteiger partial charge in [-0.2, -0.15) is 0 Å². The van der Waals surface area contributed by atoms with E-state index in [9.17, 15) is 14.4 Å². The molecule has 0 aliphatic carbocycles. The van der Waals surface area contributed by atoms with Gasteiger partial charge in [-0.15, -0.1) is 0 Å². The van der Waals surface area contributed by atoms with Gasteiger partial charge in [0.2, 0.25) is 5.91 Å². The first-order valence-corrected chi connectivity index (χ1v) is 9.31. The lowest BCUT2D eigenvalue weighted by Crippen LogP contribution is -2.24. The van der Waals surface area contributed by atoms with E-state index < -0.39 is 11.5 Å². The van der Waals surface area contributed by atoms with Crippen LogP contribution in [-0.4, -0.2) is 25.5 Å². The van der Waals surface area contributed by atoms with Crippen molar-refractivity contribution in [3.8, 4) is 5.75 Å². The highest BCUT2D eigenvalue weighted by Gasteiger charge is 2.23. The number of aryl methyl sites for hydroxylation is 1. The number of carbonyl (C=O) groups excluding carboxylic acids is 2. The lowest BCUT2D eigenvalue weighted by atomic mass is 10.1. The molecule has 0 spiro atoms.